The molecule has 1 aromatic carbocycles. The standard InChI is InChI=1S/C17H22F2N4O2/c1-5-23-11(3)17(10(2)22-23)21-14(24)9-20-8-12-6-7-13(25-4)16(19)15(12)18/h6-7,20H,5,8-9H2,1-4H3,(H,21,24). The van der Waals surface area contributed by atoms with Crippen molar-refractivity contribution in [2.45, 2.75) is 33.9 Å². The number of benzene rings is 1. The number of amides is 1. The number of ether oxygens (including phenoxy) is 1. The van der Waals surface area contributed by atoms with Crippen molar-refractivity contribution in [2.24, 2.45) is 0 Å². The minimum Gasteiger partial charge on any atom is -0.494 e. The van der Waals surface area contributed by atoms with Gasteiger partial charge in [-0.15, -0.1) is 0 Å². The second kappa shape index (κ2) is 8.06. The van der Waals surface area contributed by atoms with Crippen molar-refractivity contribution in [1.29, 1.82) is 0 Å². The van der Waals surface area contributed by atoms with Gasteiger partial charge in [-0.1, -0.05) is 6.07 Å². The van der Waals surface area contributed by atoms with E-state index < -0.39 is 11.6 Å². The van der Waals surface area contributed by atoms with Crippen LogP contribution in [-0.4, -0.2) is 29.3 Å². The molecule has 1 aromatic heterocycles. The third-order valence-corrected chi connectivity index (χ3v) is 3.89. The van der Waals surface area contributed by atoms with E-state index in [2.05, 4.69) is 15.7 Å². The zero-order valence-electron chi connectivity index (χ0n) is 14.7. The van der Waals surface area contributed by atoms with Crippen LogP contribution < -0.4 is 15.4 Å². The van der Waals surface area contributed by atoms with Crippen molar-refractivity contribution < 1.29 is 18.3 Å². The molecule has 8 heteroatoms. The van der Waals surface area contributed by atoms with Gasteiger partial charge in [-0.25, -0.2) is 4.39 Å². The van der Waals surface area contributed by atoms with Crippen molar-refractivity contribution in [3.05, 3.63) is 40.7 Å². The molecule has 0 aliphatic carbocycles. The van der Waals surface area contributed by atoms with E-state index in [0.717, 1.165) is 11.4 Å². The summed E-state index contributed by atoms with van der Waals surface area (Å²) in [5.74, 6) is -2.46. The predicted octanol–water partition coefficient (Wildman–Crippen LogP) is 2.53. The van der Waals surface area contributed by atoms with Gasteiger partial charge >= 0.3 is 0 Å². The normalized spacial score (nSPS) is 10.8. The first kappa shape index (κ1) is 18.9. The van der Waals surface area contributed by atoms with Gasteiger partial charge in [0.05, 0.1) is 30.7 Å². The minimum atomic E-state index is -1.04. The fourth-order valence-corrected chi connectivity index (χ4v) is 2.55. The van der Waals surface area contributed by atoms with E-state index in [1.54, 1.807) is 4.68 Å². The summed E-state index contributed by atoms with van der Waals surface area (Å²) in [5.41, 5.74) is 2.40. The van der Waals surface area contributed by atoms with E-state index >= 15 is 0 Å². The number of anilines is 1. The summed E-state index contributed by atoms with van der Waals surface area (Å²) >= 11 is 0. The van der Waals surface area contributed by atoms with Gasteiger partial charge in [-0.3, -0.25) is 9.48 Å². The monoisotopic (exact) mass is 352 g/mol. The molecule has 0 bridgehead atoms. The van der Waals surface area contributed by atoms with Gasteiger partial charge in [0.1, 0.15) is 0 Å². The van der Waals surface area contributed by atoms with Crippen LogP contribution in [0.4, 0.5) is 14.5 Å². The molecular formula is C17H22F2N4O2. The number of rotatable bonds is 7. The van der Waals surface area contributed by atoms with Crippen LogP contribution >= 0.6 is 0 Å². The Bertz CT molecular complexity index is 774. The molecule has 2 aromatic rings. The second-order valence-corrected chi connectivity index (χ2v) is 5.57. The summed E-state index contributed by atoms with van der Waals surface area (Å²) in [5, 5.41) is 9.92. The van der Waals surface area contributed by atoms with Gasteiger partial charge in [-0.2, -0.15) is 9.49 Å². The van der Waals surface area contributed by atoms with E-state index in [1.165, 1.54) is 19.2 Å². The number of nitrogens with one attached hydrogen (secondary N) is 2. The van der Waals surface area contributed by atoms with Crippen molar-refractivity contribution >= 4 is 11.6 Å². The smallest absolute Gasteiger partial charge is 0.238 e. The van der Waals surface area contributed by atoms with Crippen molar-refractivity contribution in [1.82, 2.24) is 15.1 Å². The van der Waals surface area contributed by atoms with Crippen molar-refractivity contribution in [3.8, 4) is 5.75 Å². The molecule has 1 heterocycles. The molecule has 0 unspecified atom stereocenters. The first-order valence-corrected chi connectivity index (χ1v) is 7.94. The number of halogens is 2. The molecule has 136 valence electrons. The Kier molecular flexibility index (Phi) is 6.08. The summed E-state index contributed by atoms with van der Waals surface area (Å²) in [6, 6.07) is 2.77. The molecule has 0 fully saturated rings. The fraction of sp³-hybridized carbons (Fsp3) is 0.412. The van der Waals surface area contributed by atoms with E-state index in [0.29, 0.717) is 12.2 Å². The van der Waals surface area contributed by atoms with Crippen LogP contribution in [0.1, 0.15) is 23.9 Å². The van der Waals surface area contributed by atoms with Crippen molar-refractivity contribution in [2.75, 3.05) is 19.0 Å². The lowest BCUT2D eigenvalue weighted by Gasteiger charge is -2.10. The molecule has 2 N–H and O–H groups in total. The summed E-state index contributed by atoms with van der Waals surface area (Å²) in [6.45, 7) is 6.35. The Balaban J connectivity index is 1.93. The quantitative estimate of drug-likeness (QED) is 0.804. The molecule has 2 rings (SSSR count). The zero-order chi connectivity index (χ0) is 18.6. The number of hydrogen-bond acceptors (Lipinski definition) is 4. The van der Waals surface area contributed by atoms with Crippen molar-refractivity contribution in [3.63, 3.8) is 0 Å². The van der Waals surface area contributed by atoms with Crippen LogP contribution in [0.15, 0.2) is 12.1 Å². The topological polar surface area (TPSA) is 68.2 Å². The summed E-state index contributed by atoms with van der Waals surface area (Å²) in [4.78, 5) is 12.1. The maximum atomic E-state index is 13.9. The third-order valence-electron chi connectivity index (χ3n) is 3.89. The lowest BCUT2D eigenvalue weighted by Crippen LogP contribution is -2.28. The van der Waals surface area contributed by atoms with E-state index in [1.807, 2.05) is 20.8 Å². The Hall–Kier alpha value is -2.48. The molecule has 0 saturated heterocycles. The highest BCUT2D eigenvalue weighted by Gasteiger charge is 2.15. The molecule has 25 heavy (non-hydrogen) atoms. The number of nitrogens with zero attached hydrogens (tertiary/aromatic N) is 2. The number of carbonyl (C=O) groups excluding carboxylic acids is 1. The highest BCUT2D eigenvalue weighted by molar-refractivity contribution is 5.93. The molecule has 0 spiro atoms. The van der Waals surface area contributed by atoms with Gasteiger partial charge in [0.2, 0.25) is 11.7 Å². The van der Waals surface area contributed by atoms with Crippen LogP contribution in [0.5, 0.6) is 5.75 Å². The molecule has 0 aliphatic rings. The largest absolute Gasteiger partial charge is 0.494 e. The number of aromatic nitrogens is 2. The first-order chi connectivity index (χ1) is 11.9. The second-order valence-electron chi connectivity index (χ2n) is 5.57. The van der Waals surface area contributed by atoms with E-state index in [4.69, 9.17) is 4.74 Å². The van der Waals surface area contributed by atoms with Crippen LogP contribution in [-0.2, 0) is 17.9 Å². The number of aryl methyl sites for hydroxylation is 2. The highest BCUT2D eigenvalue weighted by Crippen LogP contribution is 2.22. The van der Waals surface area contributed by atoms with Gasteiger partial charge in [0.15, 0.2) is 11.6 Å². The molecule has 1 amide bonds. The number of methoxy groups -OCH3 is 1. The zero-order valence-corrected chi connectivity index (χ0v) is 14.7. The summed E-state index contributed by atoms with van der Waals surface area (Å²) in [7, 11) is 1.27. The average molecular weight is 352 g/mol. The maximum Gasteiger partial charge on any atom is 0.238 e. The predicted molar refractivity (Wildman–Crippen MR) is 90.6 cm³/mol. The highest BCUT2D eigenvalue weighted by atomic mass is 19.2. The number of carbonyl (C=O) groups is 1. The summed E-state index contributed by atoms with van der Waals surface area (Å²) < 4.78 is 34.0. The Morgan fingerprint density at radius 3 is 2.60 bits per heavy atom. The molecule has 0 radical (unpaired) electrons. The van der Waals surface area contributed by atoms with E-state index in [9.17, 15) is 13.6 Å². The first-order valence-electron chi connectivity index (χ1n) is 7.94. The Morgan fingerprint density at radius 2 is 2.00 bits per heavy atom. The summed E-state index contributed by atoms with van der Waals surface area (Å²) in [6.07, 6.45) is 0. The molecule has 0 saturated carbocycles. The lowest BCUT2D eigenvalue weighted by molar-refractivity contribution is -0.115. The van der Waals surface area contributed by atoms with Gasteiger partial charge in [-0.05, 0) is 26.8 Å². The van der Waals surface area contributed by atoms with Gasteiger partial charge in [0.25, 0.3) is 0 Å². The Morgan fingerprint density at radius 1 is 1.28 bits per heavy atom. The fourth-order valence-electron chi connectivity index (χ4n) is 2.55. The van der Waals surface area contributed by atoms with Gasteiger partial charge in [0, 0.05) is 18.7 Å². The van der Waals surface area contributed by atoms with Crippen LogP contribution in [0.25, 0.3) is 0 Å². The third kappa shape index (κ3) is 4.14. The SMILES string of the molecule is CCn1nc(C)c(NC(=O)CNCc2ccc(OC)c(F)c2F)c1C. The Labute approximate surface area is 145 Å². The minimum absolute atomic E-state index is 0.0202. The van der Waals surface area contributed by atoms with Crippen LogP contribution in [0.3, 0.4) is 0 Å². The van der Waals surface area contributed by atoms with Crippen LogP contribution in [0, 0.1) is 25.5 Å². The molecule has 0 aliphatic heterocycles. The average Bonchev–Trinajstić information content (AvgIpc) is 2.86. The van der Waals surface area contributed by atoms with E-state index in [-0.39, 0.29) is 30.3 Å². The number of hydrogen-bond donors (Lipinski definition) is 2. The molecule has 6 nitrogen and oxygen atoms in total. The maximum absolute atomic E-state index is 13.9. The van der Waals surface area contributed by atoms with Gasteiger partial charge < -0.3 is 15.4 Å². The molecule has 0 atom stereocenters. The lowest BCUT2D eigenvalue weighted by atomic mass is 10.2. The molecular weight excluding hydrogens is 330 g/mol. The van der Waals surface area contributed by atoms with Crippen LogP contribution in [0.2, 0.25) is 0 Å².